The monoisotopic (exact) mass is 374 g/mol. The van der Waals surface area contributed by atoms with Crippen molar-refractivity contribution in [3.8, 4) is 5.69 Å². The lowest BCUT2D eigenvalue weighted by molar-refractivity contribution is 0.571. The van der Waals surface area contributed by atoms with Crippen molar-refractivity contribution >= 4 is 0 Å². The molecule has 0 aliphatic carbocycles. The van der Waals surface area contributed by atoms with Gasteiger partial charge in [-0.25, -0.2) is 4.68 Å². The summed E-state index contributed by atoms with van der Waals surface area (Å²) in [6, 6.07) is 12.8. The van der Waals surface area contributed by atoms with Gasteiger partial charge in [-0.05, 0) is 71.4 Å². The molecule has 4 aromatic rings. The van der Waals surface area contributed by atoms with E-state index in [-0.39, 0.29) is 6.04 Å². The second-order valence-electron chi connectivity index (χ2n) is 7.55. The van der Waals surface area contributed by atoms with Gasteiger partial charge in [0.05, 0.1) is 22.8 Å². The van der Waals surface area contributed by atoms with Crippen LogP contribution in [-0.4, -0.2) is 29.8 Å². The minimum absolute atomic E-state index is 0.0260. The fourth-order valence-corrected chi connectivity index (χ4v) is 3.99. The number of rotatable bonds is 4. The van der Waals surface area contributed by atoms with Crippen LogP contribution in [0.1, 0.15) is 51.3 Å². The Balaban J connectivity index is 1.83. The van der Waals surface area contributed by atoms with E-state index in [2.05, 4.69) is 77.1 Å². The summed E-state index contributed by atoms with van der Waals surface area (Å²) in [6.45, 7) is 12.3. The minimum atomic E-state index is -0.0260. The summed E-state index contributed by atoms with van der Waals surface area (Å²) in [4.78, 5) is 0. The SMILES string of the molecule is Cc1cc(C)n(-c2ccc(C(c3c(C)n[nH]c3C)n3nc(C)cc3C)cc2)n1. The zero-order valence-corrected chi connectivity index (χ0v) is 17.3. The molecule has 0 saturated heterocycles. The Morgan fingerprint density at radius 2 is 1.46 bits per heavy atom. The highest BCUT2D eigenvalue weighted by Gasteiger charge is 2.25. The number of hydrogen-bond donors (Lipinski definition) is 1. The van der Waals surface area contributed by atoms with E-state index in [9.17, 15) is 0 Å². The van der Waals surface area contributed by atoms with Gasteiger partial charge in [-0.3, -0.25) is 9.78 Å². The van der Waals surface area contributed by atoms with Crippen molar-refractivity contribution in [1.29, 1.82) is 0 Å². The first-order chi connectivity index (χ1) is 13.3. The number of H-pyrrole nitrogens is 1. The van der Waals surface area contributed by atoms with Gasteiger partial charge in [-0.15, -0.1) is 0 Å². The number of aryl methyl sites for hydroxylation is 6. The van der Waals surface area contributed by atoms with Crippen LogP contribution in [0.4, 0.5) is 0 Å². The summed E-state index contributed by atoms with van der Waals surface area (Å²) in [7, 11) is 0. The standard InChI is InChI=1S/C22H26N6/c1-13-11-15(3)27(25-13)20-9-7-19(8-10-20)22(21-17(5)23-24-18(21)6)28-16(4)12-14(2)26-28/h7-12,22H,1-6H3,(H,23,24). The quantitative estimate of drug-likeness (QED) is 0.580. The van der Waals surface area contributed by atoms with Crippen molar-refractivity contribution < 1.29 is 0 Å². The van der Waals surface area contributed by atoms with Crippen molar-refractivity contribution in [2.24, 2.45) is 0 Å². The van der Waals surface area contributed by atoms with Crippen molar-refractivity contribution in [1.82, 2.24) is 29.8 Å². The van der Waals surface area contributed by atoms with E-state index in [1.54, 1.807) is 0 Å². The van der Waals surface area contributed by atoms with Crippen LogP contribution >= 0.6 is 0 Å². The Kier molecular flexibility index (Phi) is 4.41. The number of benzene rings is 1. The zero-order chi connectivity index (χ0) is 20.0. The first-order valence-electron chi connectivity index (χ1n) is 9.53. The van der Waals surface area contributed by atoms with Crippen molar-refractivity contribution in [2.75, 3.05) is 0 Å². The average molecular weight is 374 g/mol. The maximum Gasteiger partial charge on any atom is 0.106 e. The van der Waals surface area contributed by atoms with Crippen LogP contribution in [0.15, 0.2) is 36.4 Å². The van der Waals surface area contributed by atoms with Gasteiger partial charge < -0.3 is 0 Å². The van der Waals surface area contributed by atoms with E-state index >= 15 is 0 Å². The molecule has 0 fully saturated rings. The van der Waals surface area contributed by atoms with E-state index in [1.165, 1.54) is 11.1 Å². The van der Waals surface area contributed by atoms with E-state index in [0.29, 0.717) is 0 Å². The highest BCUT2D eigenvalue weighted by atomic mass is 15.3. The molecule has 0 saturated carbocycles. The fourth-order valence-electron chi connectivity index (χ4n) is 3.99. The van der Waals surface area contributed by atoms with Crippen molar-refractivity contribution in [2.45, 2.75) is 47.6 Å². The maximum atomic E-state index is 4.78. The molecular weight excluding hydrogens is 348 g/mol. The molecule has 0 radical (unpaired) electrons. The molecule has 3 aromatic heterocycles. The molecular formula is C22H26N6. The van der Waals surface area contributed by atoms with Crippen LogP contribution in [0, 0.1) is 41.5 Å². The normalized spacial score (nSPS) is 12.5. The summed E-state index contributed by atoms with van der Waals surface area (Å²) < 4.78 is 4.07. The van der Waals surface area contributed by atoms with Crippen molar-refractivity contribution in [3.63, 3.8) is 0 Å². The third-order valence-corrected chi connectivity index (χ3v) is 5.21. The predicted octanol–water partition coefficient (Wildman–Crippen LogP) is 4.28. The molecule has 0 aliphatic rings. The number of hydrogen-bond acceptors (Lipinski definition) is 3. The van der Waals surface area contributed by atoms with E-state index in [1.807, 2.05) is 25.5 Å². The molecule has 0 aliphatic heterocycles. The molecule has 1 N–H and O–H groups in total. The summed E-state index contributed by atoms with van der Waals surface area (Å²) >= 11 is 0. The van der Waals surface area contributed by atoms with Gasteiger partial charge in [-0.2, -0.15) is 15.3 Å². The Bertz CT molecular complexity index is 1110. The first kappa shape index (κ1) is 18.2. The Morgan fingerprint density at radius 3 is 1.96 bits per heavy atom. The van der Waals surface area contributed by atoms with Gasteiger partial charge >= 0.3 is 0 Å². The van der Waals surface area contributed by atoms with Crippen molar-refractivity contribution in [3.05, 3.63) is 81.7 Å². The lowest BCUT2D eigenvalue weighted by Gasteiger charge is -2.21. The van der Waals surface area contributed by atoms with E-state index < -0.39 is 0 Å². The molecule has 0 bridgehead atoms. The minimum Gasteiger partial charge on any atom is -0.282 e. The number of nitrogens with zero attached hydrogens (tertiary/aromatic N) is 5. The number of aromatic amines is 1. The van der Waals surface area contributed by atoms with Crippen LogP contribution < -0.4 is 0 Å². The van der Waals surface area contributed by atoms with E-state index in [4.69, 9.17) is 5.10 Å². The highest BCUT2D eigenvalue weighted by Crippen LogP contribution is 2.32. The molecule has 28 heavy (non-hydrogen) atoms. The van der Waals surface area contributed by atoms with Crippen LogP contribution in [0.2, 0.25) is 0 Å². The molecule has 1 atom stereocenters. The fraction of sp³-hybridized carbons (Fsp3) is 0.318. The third kappa shape index (κ3) is 3.05. The summed E-state index contributed by atoms with van der Waals surface area (Å²) in [5, 5.41) is 16.9. The topological polar surface area (TPSA) is 64.3 Å². The first-order valence-corrected chi connectivity index (χ1v) is 9.53. The Labute approximate surface area is 165 Å². The lowest BCUT2D eigenvalue weighted by atomic mass is 9.96. The third-order valence-electron chi connectivity index (χ3n) is 5.21. The second-order valence-corrected chi connectivity index (χ2v) is 7.55. The van der Waals surface area contributed by atoms with Gasteiger partial charge in [-0.1, -0.05) is 12.1 Å². The Hall–Kier alpha value is -3.15. The smallest absolute Gasteiger partial charge is 0.106 e. The van der Waals surface area contributed by atoms with Gasteiger partial charge in [0.1, 0.15) is 6.04 Å². The molecule has 0 amide bonds. The molecule has 6 nitrogen and oxygen atoms in total. The second kappa shape index (κ2) is 6.78. The predicted molar refractivity (Wildman–Crippen MR) is 110 cm³/mol. The molecule has 4 rings (SSSR count). The maximum absolute atomic E-state index is 4.78. The van der Waals surface area contributed by atoms with Crippen LogP contribution in [-0.2, 0) is 0 Å². The summed E-state index contributed by atoms with van der Waals surface area (Å²) in [6.07, 6.45) is 0. The molecule has 144 valence electrons. The van der Waals surface area contributed by atoms with Crippen LogP contribution in [0.25, 0.3) is 5.69 Å². The van der Waals surface area contributed by atoms with E-state index in [0.717, 1.165) is 39.9 Å². The zero-order valence-electron chi connectivity index (χ0n) is 17.3. The van der Waals surface area contributed by atoms with Crippen LogP contribution in [0.5, 0.6) is 0 Å². The molecule has 1 unspecified atom stereocenters. The average Bonchev–Trinajstić information content (AvgIpc) is 3.28. The van der Waals surface area contributed by atoms with Crippen LogP contribution in [0.3, 0.4) is 0 Å². The molecule has 1 aromatic carbocycles. The number of nitrogens with one attached hydrogen (secondary N) is 1. The largest absolute Gasteiger partial charge is 0.282 e. The van der Waals surface area contributed by atoms with Gasteiger partial charge in [0, 0.05) is 22.6 Å². The van der Waals surface area contributed by atoms with Gasteiger partial charge in [0.2, 0.25) is 0 Å². The van der Waals surface area contributed by atoms with Gasteiger partial charge in [0.15, 0.2) is 0 Å². The number of aromatic nitrogens is 6. The summed E-state index contributed by atoms with van der Waals surface area (Å²) in [5.41, 5.74) is 9.76. The molecule has 6 heteroatoms. The Morgan fingerprint density at radius 1 is 0.821 bits per heavy atom. The molecule has 0 spiro atoms. The summed E-state index contributed by atoms with van der Waals surface area (Å²) in [5.74, 6) is 0. The molecule has 3 heterocycles. The van der Waals surface area contributed by atoms with Gasteiger partial charge in [0.25, 0.3) is 0 Å². The lowest BCUT2D eigenvalue weighted by Crippen LogP contribution is -2.17. The highest BCUT2D eigenvalue weighted by molar-refractivity contribution is 5.42.